The summed E-state index contributed by atoms with van der Waals surface area (Å²) in [5.74, 6) is -0.417. The second-order valence-electron chi connectivity index (χ2n) is 5.55. The van der Waals surface area contributed by atoms with Crippen molar-refractivity contribution in [1.82, 2.24) is 0 Å². The predicted molar refractivity (Wildman–Crippen MR) is 78.9 cm³/mol. The van der Waals surface area contributed by atoms with Gasteiger partial charge in [-0.2, -0.15) is 0 Å². The van der Waals surface area contributed by atoms with Crippen molar-refractivity contribution >= 4 is 5.97 Å². The SMILES string of the molecule is CC=CC(=O)OCC(O)C[N+](C)(C)Cc1ccccc1.[Cl-]. The number of ether oxygens (including phenoxy) is 1. The number of nitrogens with zero attached hydrogens (tertiary/aromatic N) is 1. The van der Waals surface area contributed by atoms with Crippen molar-refractivity contribution in [2.24, 2.45) is 0 Å². The van der Waals surface area contributed by atoms with E-state index in [0.717, 1.165) is 6.54 Å². The number of allylic oxidation sites excluding steroid dienone is 1. The Balaban J connectivity index is 0.00000400. The van der Waals surface area contributed by atoms with Crippen molar-refractivity contribution in [2.75, 3.05) is 27.2 Å². The van der Waals surface area contributed by atoms with E-state index in [1.807, 2.05) is 32.3 Å². The second-order valence-corrected chi connectivity index (χ2v) is 5.55. The Hall–Kier alpha value is -1.36. The summed E-state index contributed by atoms with van der Waals surface area (Å²) in [4.78, 5) is 11.2. The number of rotatable bonds is 7. The molecule has 1 atom stereocenters. The predicted octanol–water partition coefficient (Wildman–Crippen LogP) is -1.25. The van der Waals surface area contributed by atoms with Gasteiger partial charge in [0, 0.05) is 11.6 Å². The van der Waals surface area contributed by atoms with Gasteiger partial charge in [-0.25, -0.2) is 4.79 Å². The fraction of sp³-hybridized carbons (Fsp3) is 0.438. The molecule has 1 aromatic rings. The molecule has 4 nitrogen and oxygen atoms in total. The molecule has 0 heterocycles. The summed E-state index contributed by atoms with van der Waals surface area (Å²) in [6.45, 7) is 3.12. The van der Waals surface area contributed by atoms with E-state index in [0.29, 0.717) is 11.0 Å². The number of hydrogen-bond donors (Lipinski definition) is 1. The molecule has 118 valence electrons. The van der Waals surface area contributed by atoms with E-state index in [4.69, 9.17) is 4.74 Å². The first-order valence-electron chi connectivity index (χ1n) is 6.76. The van der Waals surface area contributed by atoms with Crippen LogP contribution < -0.4 is 12.4 Å². The topological polar surface area (TPSA) is 46.5 Å². The maximum Gasteiger partial charge on any atom is 0.330 e. The molecule has 0 fully saturated rings. The van der Waals surface area contributed by atoms with Crippen LogP contribution >= 0.6 is 0 Å². The van der Waals surface area contributed by atoms with Gasteiger partial charge in [0.05, 0.1) is 14.1 Å². The van der Waals surface area contributed by atoms with Crippen LogP contribution in [0.2, 0.25) is 0 Å². The minimum Gasteiger partial charge on any atom is -1.00 e. The summed E-state index contributed by atoms with van der Waals surface area (Å²) >= 11 is 0. The molecular formula is C16H24ClNO3. The highest BCUT2D eigenvalue weighted by atomic mass is 35.5. The molecule has 5 heteroatoms. The van der Waals surface area contributed by atoms with Crippen LogP contribution in [-0.4, -0.2) is 48.9 Å². The summed E-state index contributed by atoms with van der Waals surface area (Å²) in [5.41, 5.74) is 1.22. The zero-order valence-corrected chi connectivity index (χ0v) is 13.6. The summed E-state index contributed by atoms with van der Waals surface area (Å²) in [6, 6.07) is 10.1. The minimum atomic E-state index is -0.664. The Kier molecular flexibility index (Phi) is 8.93. The van der Waals surface area contributed by atoms with Gasteiger partial charge in [0.1, 0.15) is 25.8 Å². The average molecular weight is 314 g/mol. The highest BCUT2D eigenvalue weighted by molar-refractivity contribution is 5.81. The van der Waals surface area contributed by atoms with Crippen molar-refractivity contribution in [3.8, 4) is 0 Å². The van der Waals surface area contributed by atoms with E-state index in [1.54, 1.807) is 13.0 Å². The third-order valence-corrected chi connectivity index (χ3v) is 2.88. The molecule has 0 aliphatic rings. The smallest absolute Gasteiger partial charge is 0.330 e. The van der Waals surface area contributed by atoms with E-state index in [9.17, 15) is 9.90 Å². The minimum absolute atomic E-state index is 0. The molecular weight excluding hydrogens is 290 g/mol. The van der Waals surface area contributed by atoms with E-state index < -0.39 is 12.1 Å². The maximum absolute atomic E-state index is 11.2. The van der Waals surface area contributed by atoms with Crippen molar-refractivity contribution in [3.05, 3.63) is 48.0 Å². The zero-order chi connectivity index (χ0) is 15.0. The standard InChI is InChI=1S/C16H24NO3.ClH/c1-4-8-16(19)20-13-15(18)12-17(2,3)11-14-9-6-5-7-10-14;/h4-10,15,18H,11-13H2,1-3H3;1H/q+1;/p-1. The Morgan fingerprint density at radius 3 is 2.52 bits per heavy atom. The number of halogens is 1. The first kappa shape index (κ1) is 19.6. The fourth-order valence-corrected chi connectivity index (χ4v) is 2.13. The van der Waals surface area contributed by atoms with Crippen LogP contribution in [0, 0.1) is 0 Å². The molecule has 0 saturated heterocycles. The van der Waals surface area contributed by atoms with Gasteiger partial charge in [0.25, 0.3) is 0 Å². The third kappa shape index (κ3) is 8.50. The average Bonchev–Trinajstić information content (AvgIpc) is 2.37. The zero-order valence-electron chi connectivity index (χ0n) is 12.8. The lowest BCUT2D eigenvalue weighted by Gasteiger charge is -2.31. The van der Waals surface area contributed by atoms with Crippen molar-refractivity contribution in [2.45, 2.75) is 19.6 Å². The van der Waals surface area contributed by atoms with Gasteiger partial charge in [0.15, 0.2) is 0 Å². The molecule has 0 amide bonds. The van der Waals surface area contributed by atoms with Crippen LogP contribution in [0.3, 0.4) is 0 Å². The van der Waals surface area contributed by atoms with Crippen LogP contribution in [0.15, 0.2) is 42.5 Å². The van der Waals surface area contributed by atoms with E-state index in [1.165, 1.54) is 11.6 Å². The van der Waals surface area contributed by atoms with Crippen molar-refractivity contribution in [3.63, 3.8) is 0 Å². The summed E-state index contributed by atoms with van der Waals surface area (Å²) in [6.07, 6.45) is 2.30. The first-order chi connectivity index (χ1) is 9.43. The number of likely N-dealkylation sites (N-methyl/N-ethyl adjacent to an activating group) is 1. The molecule has 21 heavy (non-hydrogen) atoms. The molecule has 1 N–H and O–H groups in total. The Morgan fingerprint density at radius 1 is 1.33 bits per heavy atom. The van der Waals surface area contributed by atoms with E-state index in [-0.39, 0.29) is 19.0 Å². The Morgan fingerprint density at radius 2 is 1.95 bits per heavy atom. The largest absolute Gasteiger partial charge is 1.00 e. The van der Waals surface area contributed by atoms with Crippen molar-refractivity contribution in [1.29, 1.82) is 0 Å². The molecule has 0 radical (unpaired) electrons. The van der Waals surface area contributed by atoms with Gasteiger partial charge in [-0.05, 0) is 6.92 Å². The molecule has 0 aliphatic heterocycles. The van der Waals surface area contributed by atoms with Gasteiger partial charge in [-0.3, -0.25) is 0 Å². The maximum atomic E-state index is 11.2. The van der Waals surface area contributed by atoms with Gasteiger partial charge in [-0.15, -0.1) is 0 Å². The Labute approximate surface area is 133 Å². The summed E-state index contributed by atoms with van der Waals surface area (Å²) < 4.78 is 5.59. The highest BCUT2D eigenvalue weighted by Gasteiger charge is 2.21. The lowest BCUT2D eigenvalue weighted by atomic mass is 10.2. The number of carbonyl (C=O) groups excluding carboxylic acids is 1. The lowest BCUT2D eigenvalue weighted by molar-refractivity contribution is -0.906. The summed E-state index contributed by atoms with van der Waals surface area (Å²) in [5, 5.41) is 9.96. The number of benzene rings is 1. The van der Waals surface area contributed by atoms with Crippen molar-refractivity contribution < 1.29 is 31.5 Å². The normalized spacial score (nSPS) is 12.8. The molecule has 1 aromatic carbocycles. The van der Waals surface area contributed by atoms with Crippen LogP contribution in [-0.2, 0) is 16.1 Å². The number of aliphatic hydroxyl groups excluding tert-OH is 1. The molecule has 0 spiro atoms. The van der Waals surface area contributed by atoms with E-state index in [2.05, 4.69) is 12.1 Å². The van der Waals surface area contributed by atoms with Crippen LogP contribution in [0.4, 0.5) is 0 Å². The number of aliphatic hydroxyl groups is 1. The lowest BCUT2D eigenvalue weighted by Crippen LogP contribution is -3.00. The van der Waals surface area contributed by atoms with Gasteiger partial charge < -0.3 is 26.7 Å². The molecule has 1 unspecified atom stereocenters. The number of quaternary nitrogens is 1. The second kappa shape index (κ2) is 9.55. The quantitative estimate of drug-likeness (QED) is 0.389. The molecule has 1 rings (SSSR count). The monoisotopic (exact) mass is 313 g/mol. The molecule has 0 saturated carbocycles. The fourth-order valence-electron chi connectivity index (χ4n) is 2.13. The summed E-state index contributed by atoms with van der Waals surface area (Å²) in [7, 11) is 4.09. The molecule has 0 aliphatic carbocycles. The number of esters is 1. The van der Waals surface area contributed by atoms with Crippen LogP contribution in [0.1, 0.15) is 12.5 Å². The van der Waals surface area contributed by atoms with Crippen LogP contribution in [0.25, 0.3) is 0 Å². The number of carbonyl (C=O) groups is 1. The molecule has 0 aromatic heterocycles. The van der Waals surface area contributed by atoms with Gasteiger partial charge >= 0.3 is 5.97 Å². The third-order valence-electron chi connectivity index (χ3n) is 2.88. The number of hydrogen-bond acceptors (Lipinski definition) is 3. The van der Waals surface area contributed by atoms with Crippen LogP contribution in [0.5, 0.6) is 0 Å². The molecule has 0 bridgehead atoms. The first-order valence-corrected chi connectivity index (χ1v) is 6.76. The Bertz CT molecular complexity index is 446. The van der Waals surface area contributed by atoms with Gasteiger partial charge in [0.2, 0.25) is 0 Å². The van der Waals surface area contributed by atoms with Gasteiger partial charge in [-0.1, -0.05) is 36.4 Å². The van der Waals surface area contributed by atoms with E-state index >= 15 is 0 Å². The highest BCUT2D eigenvalue weighted by Crippen LogP contribution is 2.10.